The van der Waals surface area contributed by atoms with E-state index in [2.05, 4.69) is 45.1 Å². The molecule has 0 aliphatic carbocycles. The largest absolute Gasteiger partial charge is 0.497 e. The van der Waals surface area contributed by atoms with Crippen LogP contribution in [0.2, 0.25) is 0 Å². The molecule has 2 aromatic rings. The summed E-state index contributed by atoms with van der Waals surface area (Å²) >= 11 is 0. The summed E-state index contributed by atoms with van der Waals surface area (Å²) in [6.45, 7) is 8.62. The number of carbonyl (C=O) groups excluding carboxylic acids is 1. The van der Waals surface area contributed by atoms with Crippen LogP contribution < -0.4 is 14.8 Å². The number of ether oxygens (including phenoxy) is 2. The molecule has 3 rings (SSSR count). The molecule has 0 spiro atoms. The quantitative estimate of drug-likeness (QED) is 0.717. The van der Waals surface area contributed by atoms with Gasteiger partial charge in [-0.15, -0.1) is 0 Å². The smallest absolute Gasteiger partial charge is 0.256 e. The molecule has 1 N–H and O–H groups in total. The van der Waals surface area contributed by atoms with E-state index in [1.165, 1.54) is 0 Å². The molecular weight excluding hydrogens is 338 g/mol. The molecule has 4 heteroatoms. The minimum absolute atomic E-state index is 0.0914. The van der Waals surface area contributed by atoms with Gasteiger partial charge in [0.25, 0.3) is 5.91 Å². The van der Waals surface area contributed by atoms with Crippen LogP contribution in [-0.4, -0.2) is 20.1 Å². The van der Waals surface area contributed by atoms with Crippen molar-refractivity contribution < 1.29 is 14.3 Å². The number of anilines is 1. The molecule has 2 aromatic carbocycles. The van der Waals surface area contributed by atoms with Gasteiger partial charge in [0, 0.05) is 16.8 Å². The highest BCUT2D eigenvalue weighted by molar-refractivity contribution is 6.35. The number of amides is 1. The molecule has 27 heavy (non-hydrogen) atoms. The molecule has 1 heterocycles. The maximum atomic E-state index is 12.6. The Labute approximate surface area is 161 Å². The third-order valence-electron chi connectivity index (χ3n) is 4.94. The Balaban J connectivity index is 2.17. The van der Waals surface area contributed by atoms with Crippen molar-refractivity contribution in [3.63, 3.8) is 0 Å². The highest BCUT2D eigenvalue weighted by atomic mass is 16.5. The molecule has 0 saturated heterocycles. The van der Waals surface area contributed by atoms with Gasteiger partial charge < -0.3 is 14.8 Å². The van der Waals surface area contributed by atoms with Gasteiger partial charge in [0.1, 0.15) is 11.5 Å². The van der Waals surface area contributed by atoms with E-state index in [-0.39, 0.29) is 5.91 Å². The lowest BCUT2D eigenvalue weighted by atomic mass is 9.90. The van der Waals surface area contributed by atoms with Gasteiger partial charge in [-0.3, -0.25) is 4.79 Å². The fraction of sp³-hybridized carbons (Fsp3) is 0.348. The van der Waals surface area contributed by atoms with E-state index < -0.39 is 0 Å². The number of nitrogens with one attached hydrogen (secondary N) is 1. The maximum Gasteiger partial charge on any atom is 0.256 e. The number of rotatable bonds is 5. The summed E-state index contributed by atoms with van der Waals surface area (Å²) in [6.07, 6.45) is 1.96. The van der Waals surface area contributed by atoms with E-state index in [4.69, 9.17) is 9.47 Å². The van der Waals surface area contributed by atoms with Gasteiger partial charge in [0.15, 0.2) is 0 Å². The number of fused-ring (bicyclic) bond motifs is 1. The van der Waals surface area contributed by atoms with E-state index in [1.807, 2.05) is 24.3 Å². The lowest BCUT2D eigenvalue weighted by molar-refractivity contribution is -0.110. The van der Waals surface area contributed by atoms with Crippen LogP contribution in [0.25, 0.3) is 11.6 Å². The van der Waals surface area contributed by atoms with Gasteiger partial charge in [-0.05, 0) is 64.9 Å². The first kappa shape index (κ1) is 19.0. The fourth-order valence-corrected chi connectivity index (χ4v) is 3.48. The minimum atomic E-state index is -0.0914. The van der Waals surface area contributed by atoms with Gasteiger partial charge in [-0.1, -0.05) is 27.7 Å². The molecule has 0 atom stereocenters. The number of hydrogen-bond acceptors (Lipinski definition) is 3. The normalized spacial score (nSPS) is 14.7. The first-order valence-electron chi connectivity index (χ1n) is 9.29. The van der Waals surface area contributed by atoms with Crippen LogP contribution in [0.1, 0.15) is 61.8 Å². The highest BCUT2D eigenvalue weighted by Crippen LogP contribution is 2.39. The Morgan fingerprint density at radius 1 is 0.926 bits per heavy atom. The Morgan fingerprint density at radius 2 is 1.56 bits per heavy atom. The van der Waals surface area contributed by atoms with E-state index in [0.29, 0.717) is 17.4 Å². The zero-order chi connectivity index (χ0) is 19.7. The predicted octanol–water partition coefficient (Wildman–Crippen LogP) is 5.44. The van der Waals surface area contributed by atoms with Gasteiger partial charge in [0.05, 0.1) is 14.2 Å². The van der Waals surface area contributed by atoms with Crippen LogP contribution in [0.3, 0.4) is 0 Å². The first-order valence-corrected chi connectivity index (χ1v) is 9.29. The third kappa shape index (κ3) is 3.57. The molecule has 0 fully saturated rings. The SMILES string of the molecule is COc1ccc2c(c1)/C(=C/c1cc(C(C)C)c(OC)c(C(C)C)c1)C(=O)N2. The average Bonchev–Trinajstić information content (AvgIpc) is 2.95. The summed E-state index contributed by atoms with van der Waals surface area (Å²) in [4.78, 5) is 12.6. The molecular formula is C23H27NO3. The maximum absolute atomic E-state index is 12.6. The molecule has 0 saturated carbocycles. The number of hydrogen-bond donors (Lipinski definition) is 1. The fourth-order valence-electron chi connectivity index (χ4n) is 3.48. The van der Waals surface area contributed by atoms with Crippen molar-refractivity contribution in [2.45, 2.75) is 39.5 Å². The molecule has 1 aliphatic heterocycles. The average molecular weight is 365 g/mol. The second kappa shape index (κ2) is 7.47. The summed E-state index contributed by atoms with van der Waals surface area (Å²) in [5.74, 6) is 2.23. The van der Waals surface area contributed by atoms with Gasteiger partial charge in [-0.25, -0.2) is 0 Å². The molecule has 142 valence electrons. The topological polar surface area (TPSA) is 47.6 Å². The summed E-state index contributed by atoms with van der Waals surface area (Å²) in [7, 11) is 3.35. The van der Waals surface area contributed by atoms with Crippen molar-refractivity contribution in [1.82, 2.24) is 0 Å². The summed E-state index contributed by atoms with van der Waals surface area (Å²) in [6, 6.07) is 9.86. The monoisotopic (exact) mass is 365 g/mol. The Morgan fingerprint density at radius 3 is 2.07 bits per heavy atom. The van der Waals surface area contributed by atoms with Crippen LogP contribution in [-0.2, 0) is 4.79 Å². The molecule has 0 bridgehead atoms. The van der Waals surface area contributed by atoms with Gasteiger partial charge in [0.2, 0.25) is 0 Å². The summed E-state index contributed by atoms with van der Waals surface area (Å²) in [5.41, 5.74) is 5.64. The molecule has 0 aromatic heterocycles. The molecule has 1 amide bonds. The van der Waals surface area contributed by atoms with Crippen molar-refractivity contribution in [3.8, 4) is 11.5 Å². The van der Waals surface area contributed by atoms with Crippen molar-refractivity contribution in [2.75, 3.05) is 19.5 Å². The molecule has 1 aliphatic rings. The number of benzene rings is 2. The third-order valence-corrected chi connectivity index (χ3v) is 4.94. The van der Waals surface area contributed by atoms with E-state index in [0.717, 1.165) is 39.4 Å². The predicted molar refractivity (Wildman–Crippen MR) is 111 cm³/mol. The van der Waals surface area contributed by atoms with Crippen LogP contribution in [0, 0.1) is 0 Å². The second-order valence-electron chi connectivity index (χ2n) is 7.47. The van der Waals surface area contributed by atoms with Crippen LogP contribution in [0.5, 0.6) is 11.5 Å². The Bertz CT molecular complexity index is 881. The number of carbonyl (C=O) groups is 1. The molecule has 0 unspecified atom stereocenters. The van der Waals surface area contributed by atoms with Gasteiger partial charge in [-0.2, -0.15) is 0 Å². The number of methoxy groups -OCH3 is 2. The lowest BCUT2D eigenvalue weighted by Gasteiger charge is -2.19. The molecule has 0 radical (unpaired) electrons. The van der Waals surface area contributed by atoms with Crippen molar-refractivity contribution in [2.24, 2.45) is 0 Å². The van der Waals surface area contributed by atoms with Crippen molar-refractivity contribution in [3.05, 3.63) is 52.6 Å². The lowest BCUT2D eigenvalue weighted by Crippen LogP contribution is -2.04. The van der Waals surface area contributed by atoms with E-state index in [9.17, 15) is 4.79 Å². The Kier molecular flexibility index (Phi) is 5.26. The van der Waals surface area contributed by atoms with Crippen LogP contribution in [0.4, 0.5) is 5.69 Å². The van der Waals surface area contributed by atoms with Crippen molar-refractivity contribution >= 4 is 23.2 Å². The minimum Gasteiger partial charge on any atom is -0.497 e. The standard InChI is InChI=1S/C23H27NO3/c1-13(2)17-9-15(10-18(14(3)4)22(17)27-6)11-20-19-12-16(26-5)7-8-21(19)24-23(20)25/h7-14H,1-6H3,(H,24,25)/b20-11-. The first-order chi connectivity index (χ1) is 12.8. The Hall–Kier alpha value is -2.75. The highest BCUT2D eigenvalue weighted by Gasteiger charge is 2.25. The van der Waals surface area contributed by atoms with Gasteiger partial charge >= 0.3 is 0 Å². The summed E-state index contributed by atoms with van der Waals surface area (Å²) in [5, 5.41) is 2.93. The zero-order valence-corrected chi connectivity index (χ0v) is 16.8. The van der Waals surface area contributed by atoms with Crippen LogP contribution >= 0.6 is 0 Å². The van der Waals surface area contributed by atoms with E-state index >= 15 is 0 Å². The zero-order valence-electron chi connectivity index (χ0n) is 16.8. The van der Waals surface area contributed by atoms with E-state index in [1.54, 1.807) is 14.2 Å². The van der Waals surface area contributed by atoms with Crippen LogP contribution in [0.15, 0.2) is 30.3 Å². The second-order valence-corrected chi connectivity index (χ2v) is 7.47. The molecule has 4 nitrogen and oxygen atoms in total. The summed E-state index contributed by atoms with van der Waals surface area (Å²) < 4.78 is 11.0. The van der Waals surface area contributed by atoms with Crippen molar-refractivity contribution in [1.29, 1.82) is 0 Å².